The molecule has 0 atom stereocenters. The highest BCUT2D eigenvalue weighted by Crippen LogP contribution is 2.37. The Morgan fingerprint density at radius 2 is 2.11 bits per heavy atom. The van der Waals surface area contributed by atoms with Crippen LogP contribution in [0.4, 0.5) is 0 Å². The van der Waals surface area contributed by atoms with Gasteiger partial charge in [0.2, 0.25) is 5.17 Å². The zero-order chi connectivity index (χ0) is 13.5. The lowest BCUT2D eigenvalue weighted by Gasteiger charge is -2.14. The molecule has 18 heavy (non-hydrogen) atoms. The molecule has 0 amide bonds. The Hall–Kier alpha value is -1.25. The summed E-state index contributed by atoms with van der Waals surface area (Å²) >= 11 is 7.01. The second-order valence-electron chi connectivity index (χ2n) is 3.54. The summed E-state index contributed by atoms with van der Waals surface area (Å²) in [5.41, 5.74) is 11.1. The van der Waals surface area contributed by atoms with Gasteiger partial charge in [-0.1, -0.05) is 11.6 Å². The van der Waals surface area contributed by atoms with E-state index < -0.39 is 10.0 Å². The van der Waals surface area contributed by atoms with Crippen molar-refractivity contribution in [2.24, 2.45) is 20.9 Å². The molecule has 96 valence electrons. The maximum Gasteiger partial charge on any atom is 0.285 e. The first-order valence-corrected chi connectivity index (χ1v) is 7.35. The molecule has 1 aromatic rings. The highest BCUT2D eigenvalue weighted by atomic mass is 35.5. The van der Waals surface area contributed by atoms with E-state index in [0.29, 0.717) is 15.5 Å². The number of amidine groups is 1. The van der Waals surface area contributed by atoms with Crippen molar-refractivity contribution in [2.45, 2.75) is 16.7 Å². The molecule has 0 spiro atoms. The van der Waals surface area contributed by atoms with E-state index in [1.54, 1.807) is 13.0 Å². The fourth-order valence-electron chi connectivity index (χ4n) is 1.34. The summed E-state index contributed by atoms with van der Waals surface area (Å²) < 4.78 is 27.4. The van der Waals surface area contributed by atoms with E-state index in [1.807, 2.05) is 0 Å². The van der Waals surface area contributed by atoms with Gasteiger partial charge >= 0.3 is 0 Å². The average molecular weight is 305 g/mol. The van der Waals surface area contributed by atoms with Crippen LogP contribution >= 0.6 is 23.4 Å². The zero-order valence-corrected chi connectivity index (χ0v) is 11.6. The molecule has 9 heteroatoms. The third-order valence-electron chi connectivity index (χ3n) is 2.13. The number of rotatable bonds is 0. The van der Waals surface area contributed by atoms with Crippen molar-refractivity contribution in [1.29, 1.82) is 0 Å². The average Bonchev–Trinajstić information content (AvgIpc) is 2.19. The highest BCUT2D eigenvalue weighted by Gasteiger charge is 2.26. The van der Waals surface area contributed by atoms with Crippen LogP contribution in [0.5, 0.6) is 0 Å². The number of sulfonamides is 1. The summed E-state index contributed by atoms with van der Waals surface area (Å²) in [6.07, 6.45) is 0. The van der Waals surface area contributed by atoms with Crippen molar-refractivity contribution >= 4 is 44.5 Å². The second kappa shape index (κ2) is 4.45. The Balaban J connectivity index is 2.62. The summed E-state index contributed by atoms with van der Waals surface area (Å²) in [5, 5.41) is 0.449. The summed E-state index contributed by atoms with van der Waals surface area (Å²) in [6.45, 7) is 1.72. The Morgan fingerprint density at radius 1 is 1.44 bits per heavy atom. The number of hydrogen-bond acceptors (Lipinski definition) is 4. The number of hydrogen-bond donors (Lipinski definition) is 2. The molecule has 1 aliphatic rings. The number of nitrogens with two attached hydrogens (primary N) is 2. The minimum Gasteiger partial charge on any atom is -0.370 e. The van der Waals surface area contributed by atoms with E-state index in [4.69, 9.17) is 23.1 Å². The first kappa shape index (κ1) is 13.2. The lowest BCUT2D eigenvalue weighted by Crippen LogP contribution is -2.24. The molecule has 1 aliphatic heterocycles. The van der Waals surface area contributed by atoms with E-state index in [1.165, 1.54) is 6.07 Å². The normalized spacial score (nSPS) is 16.7. The predicted molar refractivity (Wildman–Crippen MR) is 72.5 cm³/mol. The molecule has 0 radical (unpaired) electrons. The van der Waals surface area contributed by atoms with Crippen molar-refractivity contribution in [3.8, 4) is 0 Å². The monoisotopic (exact) mass is 304 g/mol. The van der Waals surface area contributed by atoms with Gasteiger partial charge in [-0.3, -0.25) is 0 Å². The standard InChI is InChI=1S/C9H9ClN4O2S2/c1-4-2-7-6(3-5(4)10)17-9(13-8(11)12)14-18(7,15)16/h2-3H,1H3,(H4,11,12,13,14). The van der Waals surface area contributed by atoms with Crippen molar-refractivity contribution in [3.05, 3.63) is 22.7 Å². The molecular formula is C9H9ClN4O2S2. The first-order chi connectivity index (χ1) is 8.29. The molecule has 0 aliphatic carbocycles. The van der Waals surface area contributed by atoms with Crippen LogP contribution in [0.15, 0.2) is 31.3 Å². The number of benzene rings is 1. The Bertz CT molecular complexity index is 678. The van der Waals surface area contributed by atoms with Gasteiger partial charge in [0, 0.05) is 9.92 Å². The number of thioether (sulfide) groups is 1. The second-order valence-corrected chi connectivity index (χ2v) is 6.52. The number of halogens is 1. The van der Waals surface area contributed by atoms with Gasteiger partial charge in [0.15, 0.2) is 5.96 Å². The van der Waals surface area contributed by atoms with Crippen LogP contribution in [0.2, 0.25) is 5.02 Å². The smallest absolute Gasteiger partial charge is 0.285 e. The van der Waals surface area contributed by atoms with Gasteiger partial charge in [-0.15, -0.1) is 4.40 Å². The molecule has 0 saturated carbocycles. The fourth-order valence-corrected chi connectivity index (χ4v) is 4.12. The molecule has 1 aromatic carbocycles. The van der Waals surface area contributed by atoms with Crippen molar-refractivity contribution in [3.63, 3.8) is 0 Å². The number of nitrogens with zero attached hydrogens (tertiary/aromatic N) is 2. The van der Waals surface area contributed by atoms with Crippen molar-refractivity contribution in [2.75, 3.05) is 0 Å². The Kier molecular flexibility index (Phi) is 3.26. The van der Waals surface area contributed by atoms with Crippen LogP contribution in [0.1, 0.15) is 5.56 Å². The predicted octanol–water partition coefficient (Wildman–Crippen LogP) is 1.07. The third-order valence-corrected chi connectivity index (χ3v) is 5.01. The van der Waals surface area contributed by atoms with E-state index in [9.17, 15) is 8.42 Å². The van der Waals surface area contributed by atoms with Crippen LogP contribution in [-0.2, 0) is 10.0 Å². The topological polar surface area (TPSA) is 111 Å². The van der Waals surface area contributed by atoms with E-state index in [-0.39, 0.29) is 16.0 Å². The quantitative estimate of drug-likeness (QED) is 0.550. The Morgan fingerprint density at radius 3 is 2.72 bits per heavy atom. The molecule has 1 heterocycles. The molecule has 0 fully saturated rings. The van der Waals surface area contributed by atoms with Gasteiger partial charge in [0.1, 0.15) is 4.90 Å². The molecule has 0 unspecified atom stereocenters. The van der Waals surface area contributed by atoms with Gasteiger partial charge in [0.25, 0.3) is 10.0 Å². The summed E-state index contributed by atoms with van der Waals surface area (Å²) in [4.78, 5) is 4.22. The van der Waals surface area contributed by atoms with Gasteiger partial charge in [-0.2, -0.15) is 13.4 Å². The van der Waals surface area contributed by atoms with Crippen molar-refractivity contribution < 1.29 is 8.42 Å². The lowest BCUT2D eigenvalue weighted by atomic mass is 10.2. The third kappa shape index (κ3) is 2.45. The summed E-state index contributed by atoms with van der Waals surface area (Å²) in [6, 6.07) is 3.04. The Labute approximate surface area is 113 Å². The van der Waals surface area contributed by atoms with Crippen LogP contribution in [-0.4, -0.2) is 19.5 Å². The molecular weight excluding hydrogens is 296 g/mol. The minimum atomic E-state index is -3.79. The molecule has 0 bridgehead atoms. The molecule has 2 rings (SSSR count). The van der Waals surface area contributed by atoms with Crippen LogP contribution in [0, 0.1) is 6.92 Å². The largest absolute Gasteiger partial charge is 0.370 e. The van der Waals surface area contributed by atoms with E-state index >= 15 is 0 Å². The van der Waals surface area contributed by atoms with Gasteiger partial charge in [0.05, 0.1) is 0 Å². The van der Waals surface area contributed by atoms with Crippen molar-refractivity contribution in [1.82, 2.24) is 0 Å². The summed E-state index contributed by atoms with van der Waals surface area (Å²) in [5.74, 6) is -0.252. The molecule has 0 saturated heterocycles. The van der Waals surface area contributed by atoms with Crippen LogP contribution in [0.25, 0.3) is 0 Å². The SMILES string of the molecule is Cc1cc2c(cc1Cl)SC(N=C(N)N)=NS2(=O)=O. The highest BCUT2D eigenvalue weighted by molar-refractivity contribution is 8.15. The zero-order valence-electron chi connectivity index (χ0n) is 9.21. The molecule has 6 nitrogen and oxygen atoms in total. The minimum absolute atomic E-state index is 0.0255. The van der Waals surface area contributed by atoms with Gasteiger partial charge < -0.3 is 11.5 Å². The maximum absolute atomic E-state index is 11.9. The first-order valence-electron chi connectivity index (χ1n) is 4.72. The maximum atomic E-state index is 11.9. The lowest BCUT2D eigenvalue weighted by molar-refractivity contribution is 0.595. The number of aliphatic imine (C=N–C) groups is 1. The molecule has 0 aromatic heterocycles. The summed E-state index contributed by atoms with van der Waals surface area (Å²) in [7, 11) is -3.79. The molecule has 4 N–H and O–H groups in total. The van der Waals surface area contributed by atoms with Crippen LogP contribution < -0.4 is 11.5 Å². The van der Waals surface area contributed by atoms with Gasteiger partial charge in [-0.05, 0) is 36.4 Å². The number of aryl methyl sites for hydroxylation is 1. The van der Waals surface area contributed by atoms with Crippen LogP contribution in [0.3, 0.4) is 0 Å². The number of fused-ring (bicyclic) bond motifs is 1. The van der Waals surface area contributed by atoms with Gasteiger partial charge in [-0.25, -0.2) is 0 Å². The van der Waals surface area contributed by atoms with E-state index in [0.717, 1.165) is 11.8 Å². The fraction of sp³-hybridized carbons (Fsp3) is 0.111. The van der Waals surface area contributed by atoms with E-state index in [2.05, 4.69) is 9.39 Å². The number of guanidine groups is 1.